The number of nitrogens with one attached hydrogen (secondary N) is 14. The molecular formula is C83H105ClN18O16. The molecule has 2 saturated heterocycles. The number of unbranched alkanes of at least 4 members (excludes halogenated alkanes) is 1. The van der Waals surface area contributed by atoms with Gasteiger partial charge in [-0.3, -0.25) is 72.6 Å². The minimum Gasteiger partial charge on any atom is -0.394 e. The highest BCUT2D eigenvalue weighted by atomic mass is 35.5. The van der Waals surface area contributed by atoms with E-state index in [4.69, 9.17) is 23.1 Å². The molecule has 8 rings (SSSR count). The molecule has 0 radical (unpaired) electrons. The number of aliphatic hydroxyl groups is 1. The van der Waals surface area contributed by atoms with Gasteiger partial charge in [-0.15, -0.1) is 0 Å². The minimum atomic E-state index is -1.92. The number of rotatable bonds is 42. The van der Waals surface area contributed by atoms with Crippen molar-refractivity contribution >= 4 is 123 Å². The van der Waals surface area contributed by atoms with Gasteiger partial charge in [-0.25, -0.2) is 9.59 Å². The summed E-state index contributed by atoms with van der Waals surface area (Å²) in [6, 6.07) is 17.9. The Kier molecular flexibility index (Phi) is 34.4. The van der Waals surface area contributed by atoms with Crippen molar-refractivity contribution in [2.45, 2.75) is 198 Å². The van der Waals surface area contributed by atoms with Gasteiger partial charge in [0.05, 0.1) is 13.0 Å². The SMILES string of the molecule is CC(=O)N[C@H](CCc1ccc2ccccc2c1)C(=O)N[C@H](Cc1ccc(Cl)cc1)C(=O)NC(Cc1cccnc1)C(=O)N[C@@H](CO)C(=O)N[C@@H](Cc1ccc(NC(=O)[C@@H]2CC(=O)NC(=O)N2)cc1)C(=O)N[C@H](Cc1ccc(NC(N)=O)cc1)C(=O)N[C@@H](CC(C)C)C(=O)N[C@@H](CCCCNC(C)C)C(=O)N1CCC[C@H]1C(=O)N[C@H](C)C(N)=O. The molecule has 1 unspecified atom stereocenters. The van der Waals surface area contributed by atoms with Gasteiger partial charge in [0, 0.05) is 74.0 Å². The second-order valence-corrected chi connectivity index (χ2v) is 30.5. The molecule has 6 aromatic rings. The van der Waals surface area contributed by atoms with Crippen molar-refractivity contribution in [3.8, 4) is 0 Å². The molecular weight excluding hydrogens is 1540 g/mol. The molecule has 35 heteroatoms. The van der Waals surface area contributed by atoms with Crippen molar-refractivity contribution in [3.05, 3.63) is 173 Å². The number of carbonyl (C=O) groups excluding carboxylic acids is 15. The summed E-state index contributed by atoms with van der Waals surface area (Å²) < 4.78 is 0. The Morgan fingerprint density at radius 2 is 1.05 bits per heavy atom. The molecule has 11 atom stereocenters. The maximum atomic E-state index is 15.5. The van der Waals surface area contributed by atoms with Gasteiger partial charge in [-0.2, -0.15) is 0 Å². The van der Waals surface area contributed by atoms with Crippen LogP contribution in [0, 0.1) is 5.92 Å². The van der Waals surface area contributed by atoms with E-state index in [1.54, 1.807) is 50.2 Å². The van der Waals surface area contributed by atoms with Crippen LogP contribution in [0.25, 0.3) is 10.8 Å². The smallest absolute Gasteiger partial charge is 0.322 e. The summed E-state index contributed by atoms with van der Waals surface area (Å²) in [4.78, 5) is 213. The number of fused-ring (bicyclic) bond motifs is 1. The third kappa shape index (κ3) is 28.8. The molecule has 0 bridgehead atoms. The number of anilines is 2. The largest absolute Gasteiger partial charge is 0.394 e. The standard InChI is InChI=1S/C83H105ClN18O16/c1-46(2)37-62(74(109)93-61(16-9-10-35-88-47(3)4)81(116)102-36-12-17-69(102)80(115)89-48(5)71(85)106)94-75(110)64(40-53-23-31-59(32-24-53)92-82(86)117)96-77(112)65(41-52-21-29-58(30-22-52)91-73(108)67-43-70(105)101-83(118)100-67)98-79(114)68(45-103)99-78(113)66(42-54-13-11-34-87-44-54)97-76(111)63(39-51-19-27-57(84)28-20-51)95-72(107)60(90-49(6)104)33-25-50-18-26-55-14-7-8-15-56(55)38-50/h7-8,11,13-15,18-24,26-32,34,38,44,46-48,60-69,88,103H,9-10,12,16-17,25,33,35-37,39-43,45H2,1-6H3,(H2,85,106)(H,89,115)(H,90,104)(H,91,108)(H,93,109)(H,94,110)(H,95,107)(H,96,112)(H,97,111)(H,98,114)(H,99,113)(H3,86,92,117)(H2,100,101,105,118)/t48-,60-,61+,62+,63-,64-,65+,66?,67+,68+,69+/m1/s1. The maximum Gasteiger partial charge on any atom is 0.322 e. The number of pyridine rings is 1. The van der Waals surface area contributed by atoms with E-state index in [9.17, 15) is 62.6 Å². The van der Waals surface area contributed by atoms with E-state index in [2.05, 4.69) is 79.4 Å². The second-order valence-electron chi connectivity index (χ2n) is 30.1. The quantitative estimate of drug-likeness (QED) is 0.0243. The fourth-order valence-electron chi connectivity index (χ4n) is 13.5. The molecule has 0 spiro atoms. The number of aromatic nitrogens is 1. The number of benzene rings is 5. The van der Waals surface area contributed by atoms with Crippen LogP contribution < -0.4 is 85.9 Å². The Morgan fingerprint density at radius 3 is 1.58 bits per heavy atom. The lowest BCUT2D eigenvalue weighted by molar-refractivity contribution is -0.142. The fraction of sp³-hybridized carbons (Fsp3) is 0.422. The molecule has 2 fully saturated rings. The number of amides is 17. The number of aliphatic hydroxyl groups excluding tert-OH is 1. The van der Waals surface area contributed by atoms with Crippen molar-refractivity contribution in [1.82, 2.24) is 73.7 Å². The number of hydrogen-bond donors (Lipinski definition) is 17. The summed E-state index contributed by atoms with van der Waals surface area (Å²) >= 11 is 6.27. The highest BCUT2D eigenvalue weighted by molar-refractivity contribution is 6.30. The molecule has 630 valence electrons. The Morgan fingerprint density at radius 1 is 0.542 bits per heavy atom. The molecule has 118 heavy (non-hydrogen) atoms. The Hall–Kier alpha value is -12.4. The molecule has 5 aromatic carbocycles. The average molecular weight is 1650 g/mol. The highest BCUT2D eigenvalue weighted by Gasteiger charge is 2.41. The zero-order chi connectivity index (χ0) is 85.7. The van der Waals surface area contributed by atoms with Gasteiger partial charge >= 0.3 is 12.1 Å². The van der Waals surface area contributed by atoms with Gasteiger partial charge in [0.15, 0.2) is 0 Å². The Bertz CT molecular complexity index is 4540. The van der Waals surface area contributed by atoms with Crippen molar-refractivity contribution in [1.29, 1.82) is 0 Å². The number of likely N-dealkylation sites (tertiary alicyclic amines) is 1. The molecule has 2 aliphatic heterocycles. The van der Waals surface area contributed by atoms with E-state index < -0.39 is 168 Å². The zero-order valence-corrected chi connectivity index (χ0v) is 67.4. The van der Waals surface area contributed by atoms with Crippen LogP contribution in [0.4, 0.5) is 21.0 Å². The summed E-state index contributed by atoms with van der Waals surface area (Å²) in [7, 11) is 0. The summed E-state index contributed by atoms with van der Waals surface area (Å²) in [5, 5.41) is 50.6. The Labute approximate surface area is 687 Å². The van der Waals surface area contributed by atoms with Gasteiger partial charge in [0.25, 0.3) is 0 Å². The van der Waals surface area contributed by atoms with Gasteiger partial charge in [0.2, 0.25) is 76.8 Å². The van der Waals surface area contributed by atoms with Crippen LogP contribution in [-0.4, -0.2) is 196 Å². The Balaban J connectivity index is 1.09. The maximum absolute atomic E-state index is 15.5. The molecule has 1 aromatic heterocycles. The number of urea groups is 2. The van der Waals surface area contributed by atoms with Crippen LogP contribution in [0.15, 0.2) is 140 Å². The monoisotopic (exact) mass is 1640 g/mol. The number of nitrogens with two attached hydrogens (primary N) is 2. The van der Waals surface area contributed by atoms with Crippen molar-refractivity contribution in [2.75, 3.05) is 30.3 Å². The first-order valence-corrected chi connectivity index (χ1v) is 39.6. The van der Waals surface area contributed by atoms with Crippen molar-refractivity contribution < 1.29 is 77.0 Å². The van der Waals surface area contributed by atoms with E-state index in [0.717, 1.165) is 16.3 Å². The highest BCUT2D eigenvalue weighted by Crippen LogP contribution is 2.24. The van der Waals surface area contributed by atoms with Crippen molar-refractivity contribution in [3.63, 3.8) is 0 Å². The third-order valence-electron chi connectivity index (χ3n) is 19.7. The molecule has 34 nitrogen and oxygen atoms in total. The van der Waals surface area contributed by atoms with E-state index in [0.29, 0.717) is 53.9 Å². The van der Waals surface area contributed by atoms with E-state index in [1.165, 1.54) is 79.7 Å². The summed E-state index contributed by atoms with van der Waals surface area (Å²) in [5.41, 5.74) is 13.8. The number of carbonyl (C=O) groups is 15. The van der Waals surface area contributed by atoms with E-state index in [1.807, 2.05) is 56.3 Å². The zero-order valence-electron chi connectivity index (χ0n) is 66.6. The first kappa shape index (κ1) is 91.1. The lowest BCUT2D eigenvalue weighted by atomic mass is 9.99. The van der Waals surface area contributed by atoms with Crippen LogP contribution in [0.5, 0.6) is 0 Å². The average Bonchev–Trinajstić information content (AvgIpc) is 1.60. The topological polar surface area (TPSA) is 513 Å². The normalized spacial score (nSPS) is 16.1. The van der Waals surface area contributed by atoms with Gasteiger partial charge in [-0.05, 0) is 152 Å². The lowest BCUT2D eigenvalue weighted by Crippen LogP contribution is -2.62. The summed E-state index contributed by atoms with van der Waals surface area (Å²) in [6.07, 6.45) is 3.50. The molecule has 2 aliphatic rings. The fourth-order valence-corrected chi connectivity index (χ4v) is 13.7. The molecule has 0 saturated carbocycles. The number of nitrogens with zero attached hydrogens (tertiary/aromatic N) is 2. The van der Waals surface area contributed by atoms with Gasteiger partial charge in [0.1, 0.15) is 66.5 Å². The number of halogens is 1. The van der Waals surface area contributed by atoms with E-state index >= 15 is 14.4 Å². The minimum absolute atomic E-state index is 0.0275. The number of primary amides is 2. The summed E-state index contributed by atoms with van der Waals surface area (Å²) in [5.74, 6) is -10.9. The van der Waals surface area contributed by atoms with Gasteiger partial charge < -0.3 is 90.6 Å². The molecule has 17 amide bonds. The second kappa shape index (κ2) is 44.6. The molecule has 3 heterocycles. The van der Waals surface area contributed by atoms with Crippen molar-refractivity contribution in [2.24, 2.45) is 17.4 Å². The third-order valence-corrected chi connectivity index (χ3v) is 20.0. The lowest BCUT2D eigenvalue weighted by Gasteiger charge is -2.31. The van der Waals surface area contributed by atoms with Crippen LogP contribution in [-0.2, 0) is 94.4 Å². The van der Waals surface area contributed by atoms with E-state index in [-0.39, 0.29) is 86.8 Å². The molecule has 0 aliphatic carbocycles. The van der Waals surface area contributed by atoms with Crippen LogP contribution in [0.1, 0.15) is 121 Å². The first-order valence-electron chi connectivity index (χ1n) is 39.2. The predicted octanol–water partition coefficient (Wildman–Crippen LogP) is 1.90. The predicted molar refractivity (Wildman–Crippen MR) is 439 cm³/mol. The number of aryl methyl sites for hydroxylation is 1. The number of imide groups is 1. The van der Waals surface area contributed by atoms with Crippen LogP contribution in [0.3, 0.4) is 0 Å². The molecule has 19 N–H and O–H groups in total. The van der Waals surface area contributed by atoms with Gasteiger partial charge in [-0.1, -0.05) is 124 Å². The summed E-state index contributed by atoms with van der Waals surface area (Å²) in [6.45, 7) is 9.76. The van der Waals surface area contributed by atoms with Crippen LogP contribution >= 0.6 is 11.6 Å². The van der Waals surface area contributed by atoms with Crippen LogP contribution in [0.2, 0.25) is 5.02 Å². The first-order chi connectivity index (χ1) is 56.3. The number of hydrogen-bond acceptors (Lipinski definition) is 18.